The molecule has 0 aliphatic rings. The summed E-state index contributed by atoms with van der Waals surface area (Å²) in [6.07, 6.45) is -0.753. The zero-order valence-electron chi connectivity index (χ0n) is 19.4. The second kappa shape index (κ2) is 9.28. The summed E-state index contributed by atoms with van der Waals surface area (Å²) in [5.41, 5.74) is 2.68. The maximum absolute atomic E-state index is 13.4. The number of anilines is 1. The number of carbonyl (C=O) groups is 1. The molecule has 1 unspecified atom stereocenters. The van der Waals surface area contributed by atoms with Gasteiger partial charge in [0.1, 0.15) is 23.0 Å². The molecule has 0 radical (unpaired) electrons. The Morgan fingerprint density at radius 3 is 2.47 bits per heavy atom. The first-order valence-corrected chi connectivity index (χ1v) is 10.9. The zero-order chi connectivity index (χ0) is 24.4. The van der Waals surface area contributed by atoms with E-state index in [1.807, 2.05) is 37.3 Å². The Kier molecular flexibility index (Phi) is 6.24. The van der Waals surface area contributed by atoms with E-state index in [4.69, 9.17) is 13.6 Å². The van der Waals surface area contributed by atoms with Crippen LogP contribution in [0.2, 0.25) is 0 Å². The second-order valence-electron chi connectivity index (χ2n) is 8.05. The van der Waals surface area contributed by atoms with Crippen LogP contribution < -0.4 is 15.5 Å². The van der Waals surface area contributed by atoms with Gasteiger partial charge in [-0.1, -0.05) is 48.9 Å². The Balaban J connectivity index is 1.75. The number of amides is 1. The molecule has 4 rings (SSSR count). The summed E-state index contributed by atoms with van der Waals surface area (Å²) in [5.74, 6) is 0.274. The number of carbonyl (C=O) groups excluding carboxylic acids is 1. The molecule has 0 saturated heterocycles. The lowest BCUT2D eigenvalue weighted by Gasteiger charge is -2.18. The molecule has 0 spiro atoms. The molecule has 0 aliphatic heterocycles. The first kappa shape index (κ1) is 22.9. The number of nitriles is 1. The van der Waals surface area contributed by atoms with Crippen molar-refractivity contribution in [3.63, 3.8) is 0 Å². The number of hydrogen-bond donors (Lipinski definition) is 1. The molecule has 0 bridgehead atoms. The topological polar surface area (TPSA) is 105 Å². The minimum atomic E-state index is -1.02. The van der Waals surface area contributed by atoms with E-state index in [0.29, 0.717) is 27.9 Å². The van der Waals surface area contributed by atoms with Gasteiger partial charge in [0.15, 0.2) is 11.9 Å². The minimum Gasteiger partial charge on any atom is -0.473 e. The molecule has 4 aromatic rings. The highest BCUT2D eigenvalue weighted by Gasteiger charge is 2.27. The average molecular weight is 456 g/mol. The molecule has 7 heteroatoms. The SMILES string of the molecule is CCC(Oc1c(-c2ccc(C)cc2)oc2ccccc2c1=O)C(=O)Nc1oc(C)c(C)c1C#N. The Morgan fingerprint density at radius 2 is 1.79 bits per heavy atom. The van der Waals surface area contributed by atoms with Gasteiger partial charge in [0, 0.05) is 11.1 Å². The third kappa shape index (κ3) is 4.18. The van der Waals surface area contributed by atoms with E-state index in [2.05, 4.69) is 5.32 Å². The molecule has 1 amide bonds. The van der Waals surface area contributed by atoms with E-state index >= 15 is 0 Å². The molecule has 0 saturated carbocycles. The minimum absolute atomic E-state index is 0.0446. The smallest absolute Gasteiger partial charge is 0.267 e. The van der Waals surface area contributed by atoms with Crippen LogP contribution in [0.1, 0.15) is 35.8 Å². The van der Waals surface area contributed by atoms with Crippen LogP contribution in [0, 0.1) is 32.1 Å². The number of aryl methyl sites for hydroxylation is 2. The highest BCUT2D eigenvalue weighted by Crippen LogP contribution is 2.32. The van der Waals surface area contributed by atoms with Gasteiger partial charge in [-0.25, -0.2) is 0 Å². The molecule has 34 heavy (non-hydrogen) atoms. The van der Waals surface area contributed by atoms with Gasteiger partial charge in [0.25, 0.3) is 5.91 Å². The molecule has 172 valence electrons. The van der Waals surface area contributed by atoms with Crippen LogP contribution in [0.3, 0.4) is 0 Å². The van der Waals surface area contributed by atoms with Crippen LogP contribution in [-0.2, 0) is 4.79 Å². The maximum Gasteiger partial charge on any atom is 0.267 e. The number of rotatable bonds is 6. The third-order valence-corrected chi connectivity index (χ3v) is 5.73. The molecule has 2 heterocycles. The number of benzene rings is 2. The second-order valence-corrected chi connectivity index (χ2v) is 8.05. The third-order valence-electron chi connectivity index (χ3n) is 5.73. The number of nitrogens with zero attached hydrogens (tertiary/aromatic N) is 1. The number of para-hydroxylation sites is 1. The van der Waals surface area contributed by atoms with Gasteiger partial charge >= 0.3 is 0 Å². The summed E-state index contributed by atoms with van der Waals surface area (Å²) in [6.45, 7) is 7.19. The van der Waals surface area contributed by atoms with Crippen molar-refractivity contribution >= 4 is 22.8 Å². The standard InChI is InChI=1S/C27H24N2O5/c1-5-21(26(31)29-27-20(14-28)16(3)17(4)32-27)33-25-23(30)19-8-6-7-9-22(19)34-24(25)18-12-10-15(2)11-13-18/h6-13,21H,5H2,1-4H3,(H,29,31). The van der Waals surface area contributed by atoms with Crippen molar-refractivity contribution in [3.8, 4) is 23.1 Å². The molecule has 2 aromatic heterocycles. The highest BCUT2D eigenvalue weighted by molar-refractivity contribution is 5.94. The van der Waals surface area contributed by atoms with Crippen LogP contribution >= 0.6 is 0 Å². The Labute approximate surface area is 196 Å². The van der Waals surface area contributed by atoms with Crippen LogP contribution in [0.4, 0.5) is 5.88 Å². The quantitative estimate of drug-likeness (QED) is 0.402. The van der Waals surface area contributed by atoms with E-state index in [0.717, 1.165) is 5.56 Å². The monoisotopic (exact) mass is 456 g/mol. The number of hydrogen-bond acceptors (Lipinski definition) is 6. The van der Waals surface area contributed by atoms with Crippen LogP contribution in [0.5, 0.6) is 5.75 Å². The zero-order valence-corrected chi connectivity index (χ0v) is 19.4. The van der Waals surface area contributed by atoms with Crippen LogP contribution in [0.25, 0.3) is 22.3 Å². The van der Waals surface area contributed by atoms with Gasteiger partial charge in [0.2, 0.25) is 17.1 Å². The van der Waals surface area contributed by atoms with Crippen LogP contribution in [0.15, 0.2) is 62.2 Å². The normalized spacial score (nSPS) is 11.7. The summed E-state index contributed by atoms with van der Waals surface area (Å²) in [6, 6.07) is 16.4. The fourth-order valence-electron chi connectivity index (χ4n) is 3.63. The molecule has 2 aromatic carbocycles. The summed E-state index contributed by atoms with van der Waals surface area (Å²) >= 11 is 0. The first-order valence-electron chi connectivity index (χ1n) is 10.9. The maximum atomic E-state index is 13.4. The largest absolute Gasteiger partial charge is 0.473 e. The van der Waals surface area contributed by atoms with Crippen molar-refractivity contribution in [2.45, 2.75) is 40.2 Å². The van der Waals surface area contributed by atoms with Crippen molar-refractivity contribution in [1.82, 2.24) is 0 Å². The first-order chi connectivity index (χ1) is 16.3. The van der Waals surface area contributed by atoms with Gasteiger partial charge in [-0.15, -0.1) is 0 Å². The van der Waals surface area contributed by atoms with Gasteiger partial charge in [0.05, 0.1) is 5.39 Å². The predicted octanol–water partition coefficient (Wildman–Crippen LogP) is 5.65. The molecule has 0 aliphatic carbocycles. The van der Waals surface area contributed by atoms with Crippen molar-refractivity contribution in [2.75, 3.05) is 5.32 Å². The van der Waals surface area contributed by atoms with E-state index in [1.54, 1.807) is 45.0 Å². The molecular formula is C27H24N2O5. The lowest BCUT2D eigenvalue weighted by atomic mass is 10.1. The molecule has 1 N–H and O–H groups in total. The van der Waals surface area contributed by atoms with Gasteiger partial charge in [-0.05, 0) is 39.3 Å². The summed E-state index contributed by atoms with van der Waals surface area (Å²) in [4.78, 5) is 26.5. The van der Waals surface area contributed by atoms with Gasteiger partial charge in [-0.2, -0.15) is 5.26 Å². The highest BCUT2D eigenvalue weighted by atomic mass is 16.5. The van der Waals surface area contributed by atoms with E-state index in [-0.39, 0.29) is 34.8 Å². The number of nitrogens with one attached hydrogen (secondary N) is 1. The Morgan fingerprint density at radius 1 is 1.09 bits per heavy atom. The van der Waals surface area contributed by atoms with Gasteiger partial charge < -0.3 is 13.6 Å². The number of ether oxygens (including phenoxy) is 1. The van der Waals surface area contributed by atoms with Crippen LogP contribution in [-0.4, -0.2) is 12.0 Å². The van der Waals surface area contributed by atoms with E-state index < -0.39 is 12.0 Å². The van der Waals surface area contributed by atoms with Gasteiger partial charge in [-0.3, -0.25) is 14.9 Å². The van der Waals surface area contributed by atoms with Crippen molar-refractivity contribution < 1.29 is 18.4 Å². The average Bonchev–Trinajstić information content (AvgIpc) is 3.10. The fourth-order valence-corrected chi connectivity index (χ4v) is 3.63. The molecule has 7 nitrogen and oxygen atoms in total. The van der Waals surface area contributed by atoms with E-state index in [1.165, 1.54) is 0 Å². The Bertz CT molecular complexity index is 1470. The molecule has 1 atom stereocenters. The Hall–Kier alpha value is -4.31. The predicted molar refractivity (Wildman–Crippen MR) is 129 cm³/mol. The lowest BCUT2D eigenvalue weighted by molar-refractivity contribution is -0.123. The van der Waals surface area contributed by atoms with Crippen molar-refractivity contribution in [2.24, 2.45) is 0 Å². The molecular weight excluding hydrogens is 432 g/mol. The summed E-state index contributed by atoms with van der Waals surface area (Å²) < 4.78 is 17.6. The van der Waals surface area contributed by atoms with Crippen molar-refractivity contribution in [3.05, 3.63) is 81.2 Å². The number of fused-ring (bicyclic) bond motifs is 1. The fraction of sp³-hybridized carbons (Fsp3) is 0.222. The van der Waals surface area contributed by atoms with Crippen molar-refractivity contribution in [1.29, 1.82) is 5.26 Å². The summed E-state index contributed by atoms with van der Waals surface area (Å²) in [7, 11) is 0. The molecule has 0 fully saturated rings. The number of furan rings is 1. The summed E-state index contributed by atoms with van der Waals surface area (Å²) in [5, 5.41) is 12.4. The van der Waals surface area contributed by atoms with E-state index in [9.17, 15) is 14.9 Å². The lowest BCUT2D eigenvalue weighted by Crippen LogP contribution is -2.34.